The van der Waals surface area contributed by atoms with Crippen LogP contribution in [0.3, 0.4) is 0 Å². The van der Waals surface area contributed by atoms with Gasteiger partial charge in [-0.25, -0.2) is 4.98 Å². The SMILES string of the molecule is CC(C)(CCC(=O)O)NC(=O)c1ccc(-c2nc3ccccc3s2)o1. The van der Waals surface area contributed by atoms with Gasteiger partial charge in [-0.3, -0.25) is 9.59 Å². The first-order valence-electron chi connectivity index (χ1n) is 7.84. The number of benzene rings is 1. The Balaban J connectivity index is 1.74. The molecule has 0 spiro atoms. The Bertz CT molecular complexity index is 893. The van der Waals surface area contributed by atoms with Gasteiger partial charge in [0.15, 0.2) is 16.5 Å². The molecule has 0 saturated carbocycles. The second-order valence-corrected chi connectivity index (χ2v) is 7.41. The van der Waals surface area contributed by atoms with E-state index in [-0.39, 0.29) is 18.1 Å². The number of carboxylic acid groups (broad SMARTS) is 1. The van der Waals surface area contributed by atoms with Crippen LogP contribution in [0.25, 0.3) is 21.0 Å². The lowest BCUT2D eigenvalue weighted by molar-refractivity contribution is -0.137. The molecular weight excluding hydrogens is 340 g/mol. The summed E-state index contributed by atoms with van der Waals surface area (Å²) in [6, 6.07) is 11.1. The van der Waals surface area contributed by atoms with Gasteiger partial charge in [0, 0.05) is 12.0 Å². The molecule has 0 unspecified atom stereocenters. The van der Waals surface area contributed by atoms with Crippen LogP contribution in [-0.2, 0) is 4.79 Å². The summed E-state index contributed by atoms with van der Waals surface area (Å²) in [7, 11) is 0. The average Bonchev–Trinajstić information content (AvgIpc) is 3.19. The van der Waals surface area contributed by atoms with Crippen molar-refractivity contribution in [1.82, 2.24) is 10.3 Å². The van der Waals surface area contributed by atoms with E-state index < -0.39 is 11.5 Å². The molecule has 3 aromatic rings. The number of carbonyl (C=O) groups is 2. The molecule has 6 nitrogen and oxygen atoms in total. The molecule has 1 amide bonds. The van der Waals surface area contributed by atoms with Crippen LogP contribution in [0.4, 0.5) is 0 Å². The minimum absolute atomic E-state index is 0.0115. The highest BCUT2D eigenvalue weighted by Crippen LogP contribution is 2.31. The van der Waals surface area contributed by atoms with Crippen LogP contribution in [0.1, 0.15) is 37.2 Å². The van der Waals surface area contributed by atoms with Gasteiger partial charge in [-0.05, 0) is 44.5 Å². The Kier molecular flexibility index (Phi) is 4.59. The normalized spacial score (nSPS) is 11.6. The molecule has 0 radical (unpaired) electrons. The number of hydrogen-bond donors (Lipinski definition) is 2. The summed E-state index contributed by atoms with van der Waals surface area (Å²) in [5, 5.41) is 12.3. The molecule has 7 heteroatoms. The average molecular weight is 358 g/mol. The van der Waals surface area contributed by atoms with Crippen molar-refractivity contribution >= 4 is 33.4 Å². The molecule has 130 valence electrons. The number of aliphatic carboxylic acids is 1. The summed E-state index contributed by atoms with van der Waals surface area (Å²) in [6.07, 6.45) is 0.321. The van der Waals surface area contributed by atoms with E-state index in [9.17, 15) is 9.59 Å². The van der Waals surface area contributed by atoms with Crippen LogP contribution in [0.5, 0.6) is 0 Å². The molecule has 0 saturated heterocycles. The standard InChI is InChI=1S/C18H18N2O4S/c1-18(2,10-9-15(21)22)20-16(23)12-7-8-13(24-12)17-19-11-5-3-4-6-14(11)25-17/h3-8H,9-10H2,1-2H3,(H,20,23)(H,21,22). The molecule has 0 aliphatic rings. The van der Waals surface area contributed by atoms with Crippen molar-refractivity contribution in [3.05, 3.63) is 42.2 Å². The summed E-state index contributed by atoms with van der Waals surface area (Å²) in [6.45, 7) is 3.57. The fourth-order valence-electron chi connectivity index (χ4n) is 2.40. The molecular formula is C18H18N2O4S. The zero-order valence-corrected chi connectivity index (χ0v) is 14.7. The van der Waals surface area contributed by atoms with Gasteiger partial charge < -0.3 is 14.8 Å². The number of rotatable bonds is 6. The number of nitrogens with zero attached hydrogens (tertiary/aromatic N) is 1. The van der Waals surface area contributed by atoms with E-state index in [1.807, 2.05) is 24.3 Å². The van der Waals surface area contributed by atoms with Gasteiger partial charge in [0.05, 0.1) is 10.2 Å². The quantitative estimate of drug-likeness (QED) is 0.696. The van der Waals surface area contributed by atoms with Crippen LogP contribution in [0.15, 0.2) is 40.8 Å². The molecule has 0 bridgehead atoms. The van der Waals surface area contributed by atoms with Crippen molar-refractivity contribution in [3.8, 4) is 10.8 Å². The number of fused-ring (bicyclic) bond motifs is 1. The Hall–Kier alpha value is -2.67. The molecule has 25 heavy (non-hydrogen) atoms. The van der Waals surface area contributed by atoms with Crippen LogP contribution >= 0.6 is 11.3 Å². The van der Waals surface area contributed by atoms with Crippen molar-refractivity contribution in [1.29, 1.82) is 0 Å². The predicted molar refractivity (Wildman–Crippen MR) is 95.7 cm³/mol. The molecule has 0 atom stereocenters. The van der Waals surface area contributed by atoms with E-state index in [0.717, 1.165) is 10.2 Å². The Morgan fingerprint density at radius 2 is 2.00 bits per heavy atom. The molecule has 0 fully saturated rings. The molecule has 1 aromatic carbocycles. The fourth-order valence-corrected chi connectivity index (χ4v) is 3.33. The number of para-hydroxylation sites is 1. The fraction of sp³-hybridized carbons (Fsp3) is 0.278. The first kappa shape index (κ1) is 17.2. The van der Waals surface area contributed by atoms with Crippen molar-refractivity contribution in [3.63, 3.8) is 0 Å². The molecule has 2 aromatic heterocycles. The maximum Gasteiger partial charge on any atom is 0.303 e. The number of carboxylic acids is 1. The second kappa shape index (κ2) is 6.68. The highest BCUT2D eigenvalue weighted by Gasteiger charge is 2.24. The van der Waals surface area contributed by atoms with Gasteiger partial charge in [0.1, 0.15) is 0 Å². The lowest BCUT2D eigenvalue weighted by Gasteiger charge is -2.24. The van der Waals surface area contributed by atoms with Gasteiger partial charge in [0.2, 0.25) is 0 Å². The highest BCUT2D eigenvalue weighted by molar-refractivity contribution is 7.21. The third-order valence-electron chi connectivity index (χ3n) is 3.75. The van der Waals surface area contributed by atoms with Crippen LogP contribution in [0, 0.1) is 0 Å². The monoisotopic (exact) mass is 358 g/mol. The Morgan fingerprint density at radius 1 is 1.24 bits per heavy atom. The second-order valence-electron chi connectivity index (χ2n) is 6.38. The van der Waals surface area contributed by atoms with Crippen molar-refractivity contribution in [2.75, 3.05) is 0 Å². The maximum atomic E-state index is 12.4. The lowest BCUT2D eigenvalue weighted by atomic mass is 9.98. The topological polar surface area (TPSA) is 92.4 Å². The minimum atomic E-state index is -0.890. The zero-order valence-electron chi connectivity index (χ0n) is 13.9. The summed E-state index contributed by atoms with van der Waals surface area (Å²) < 4.78 is 6.70. The number of carbonyl (C=O) groups excluding carboxylic acids is 1. The number of amides is 1. The molecule has 0 aliphatic heterocycles. The van der Waals surface area contributed by atoms with E-state index in [4.69, 9.17) is 9.52 Å². The van der Waals surface area contributed by atoms with Gasteiger partial charge in [-0.15, -0.1) is 11.3 Å². The summed E-state index contributed by atoms with van der Waals surface area (Å²) in [4.78, 5) is 27.6. The molecule has 2 N–H and O–H groups in total. The number of hydrogen-bond acceptors (Lipinski definition) is 5. The van der Waals surface area contributed by atoms with Gasteiger partial charge >= 0.3 is 5.97 Å². The summed E-state index contributed by atoms with van der Waals surface area (Å²) >= 11 is 1.50. The zero-order chi connectivity index (χ0) is 18.0. The lowest BCUT2D eigenvalue weighted by Crippen LogP contribution is -2.43. The molecule has 0 aliphatic carbocycles. The van der Waals surface area contributed by atoms with Crippen LogP contribution in [0.2, 0.25) is 0 Å². The Labute approximate surface area is 148 Å². The van der Waals surface area contributed by atoms with Crippen LogP contribution in [-0.4, -0.2) is 27.5 Å². The molecule has 3 rings (SSSR count). The van der Waals surface area contributed by atoms with E-state index in [2.05, 4.69) is 10.3 Å². The van der Waals surface area contributed by atoms with E-state index in [1.54, 1.807) is 26.0 Å². The van der Waals surface area contributed by atoms with Crippen LogP contribution < -0.4 is 5.32 Å². The summed E-state index contributed by atoms with van der Waals surface area (Å²) in [5.41, 5.74) is 0.248. The van der Waals surface area contributed by atoms with E-state index in [0.29, 0.717) is 17.2 Å². The van der Waals surface area contributed by atoms with Gasteiger partial charge in [-0.2, -0.15) is 0 Å². The first-order valence-corrected chi connectivity index (χ1v) is 8.66. The number of aromatic nitrogens is 1. The largest absolute Gasteiger partial charge is 0.481 e. The van der Waals surface area contributed by atoms with E-state index >= 15 is 0 Å². The summed E-state index contributed by atoms with van der Waals surface area (Å²) in [5.74, 6) is -0.548. The van der Waals surface area contributed by atoms with Crippen molar-refractivity contribution < 1.29 is 19.1 Å². The third-order valence-corrected chi connectivity index (χ3v) is 4.80. The van der Waals surface area contributed by atoms with Crippen molar-refractivity contribution in [2.45, 2.75) is 32.2 Å². The number of furan rings is 1. The highest BCUT2D eigenvalue weighted by atomic mass is 32.1. The smallest absolute Gasteiger partial charge is 0.303 e. The molecule has 2 heterocycles. The van der Waals surface area contributed by atoms with Gasteiger partial charge in [0.25, 0.3) is 5.91 Å². The maximum absolute atomic E-state index is 12.4. The predicted octanol–water partition coefficient (Wildman–Crippen LogP) is 3.93. The number of nitrogens with one attached hydrogen (secondary N) is 1. The first-order chi connectivity index (χ1) is 11.8. The number of thiazole rings is 1. The van der Waals surface area contributed by atoms with Gasteiger partial charge in [-0.1, -0.05) is 12.1 Å². The minimum Gasteiger partial charge on any atom is -0.481 e. The van der Waals surface area contributed by atoms with E-state index in [1.165, 1.54) is 11.3 Å². The Morgan fingerprint density at radius 3 is 2.72 bits per heavy atom. The van der Waals surface area contributed by atoms with Crippen molar-refractivity contribution in [2.24, 2.45) is 0 Å². The third kappa shape index (κ3) is 4.06.